The van der Waals surface area contributed by atoms with Crippen LogP contribution in [-0.2, 0) is 0 Å². The number of benzene rings is 1. The summed E-state index contributed by atoms with van der Waals surface area (Å²) >= 11 is 0. The molecular weight excluding hydrogens is 188 g/mol. The number of ether oxygens (including phenoxy) is 1. The van der Waals surface area contributed by atoms with E-state index in [1.165, 1.54) is 5.56 Å². The molecule has 0 radical (unpaired) electrons. The van der Waals surface area contributed by atoms with Crippen LogP contribution in [0.5, 0.6) is 5.75 Å². The zero-order chi connectivity index (χ0) is 10.8. The lowest BCUT2D eigenvalue weighted by Crippen LogP contribution is -2.27. The van der Waals surface area contributed by atoms with E-state index in [1.54, 1.807) is 7.11 Å². The third-order valence-corrected chi connectivity index (χ3v) is 3.09. The van der Waals surface area contributed by atoms with Crippen molar-refractivity contribution in [3.63, 3.8) is 0 Å². The first-order valence-corrected chi connectivity index (χ1v) is 5.29. The van der Waals surface area contributed by atoms with Crippen LogP contribution in [0, 0.1) is 0 Å². The molecule has 0 unspecified atom stereocenters. The van der Waals surface area contributed by atoms with Crippen molar-refractivity contribution in [3.8, 4) is 5.75 Å². The van der Waals surface area contributed by atoms with Crippen molar-refractivity contribution in [2.45, 2.75) is 12.0 Å². The van der Waals surface area contributed by atoms with Gasteiger partial charge in [-0.2, -0.15) is 0 Å². The average Bonchev–Trinajstić information content (AvgIpc) is 2.58. The number of likely N-dealkylation sites (tertiary alicyclic amines) is 1. The maximum Gasteiger partial charge on any atom is 0.118 e. The molecule has 1 heterocycles. The third kappa shape index (κ3) is 2.13. The number of nitrogens with two attached hydrogens (primary N) is 1. The van der Waals surface area contributed by atoms with Gasteiger partial charge in [0.2, 0.25) is 0 Å². The Labute approximate surface area is 90.8 Å². The summed E-state index contributed by atoms with van der Waals surface area (Å²) in [6.45, 7) is 2.03. The molecule has 2 rings (SSSR count). The van der Waals surface area contributed by atoms with E-state index in [0.29, 0.717) is 5.92 Å². The van der Waals surface area contributed by atoms with E-state index in [1.807, 2.05) is 12.1 Å². The van der Waals surface area contributed by atoms with Crippen LogP contribution in [0.25, 0.3) is 0 Å². The SMILES string of the molecule is COc1ccc([C@@H]2CN(C)C[C@H]2N)cc1. The maximum atomic E-state index is 6.10. The summed E-state index contributed by atoms with van der Waals surface area (Å²) in [7, 11) is 3.80. The molecule has 1 fully saturated rings. The van der Waals surface area contributed by atoms with Crippen molar-refractivity contribution >= 4 is 0 Å². The minimum atomic E-state index is 0.253. The van der Waals surface area contributed by atoms with E-state index >= 15 is 0 Å². The zero-order valence-electron chi connectivity index (χ0n) is 9.31. The highest BCUT2D eigenvalue weighted by Crippen LogP contribution is 2.26. The topological polar surface area (TPSA) is 38.5 Å². The summed E-state index contributed by atoms with van der Waals surface area (Å²) in [6.07, 6.45) is 0. The van der Waals surface area contributed by atoms with Gasteiger partial charge in [0.25, 0.3) is 0 Å². The van der Waals surface area contributed by atoms with E-state index in [4.69, 9.17) is 10.5 Å². The van der Waals surface area contributed by atoms with Crippen LogP contribution in [-0.4, -0.2) is 38.2 Å². The maximum absolute atomic E-state index is 6.10. The largest absolute Gasteiger partial charge is 0.497 e. The van der Waals surface area contributed by atoms with Gasteiger partial charge in [0.1, 0.15) is 5.75 Å². The second-order valence-electron chi connectivity index (χ2n) is 4.26. The third-order valence-electron chi connectivity index (χ3n) is 3.09. The number of likely N-dealkylation sites (N-methyl/N-ethyl adjacent to an activating group) is 1. The fourth-order valence-electron chi connectivity index (χ4n) is 2.24. The second-order valence-corrected chi connectivity index (χ2v) is 4.26. The summed E-state index contributed by atoms with van der Waals surface area (Å²) in [5, 5.41) is 0. The standard InChI is InChI=1S/C12H18N2O/c1-14-7-11(12(13)8-14)9-3-5-10(15-2)6-4-9/h3-6,11-12H,7-8,13H2,1-2H3/t11-,12+/m0/s1. The van der Waals surface area contributed by atoms with E-state index in [-0.39, 0.29) is 6.04 Å². The number of nitrogens with zero attached hydrogens (tertiary/aromatic N) is 1. The van der Waals surface area contributed by atoms with Crippen LogP contribution in [0.15, 0.2) is 24.3 Å². The van der Waals surface area contributed by atoms with Crippen molar-refractivity contribution in [2.75, 3.05) is 27.2 Å². The second kappa shape index (κ2) is 4.21. The normalized spacial score (nSPS) is 26.9. The monoisotopic (exact) mass is 206 g/mol. The lowest BCUT2D eigenvalue weighted by Gasteiger charge is -2.14. The van der Waals surface area contributed by atoms with Gasteiger partial charge >= 0.3 is 0 Å². The van der Waals surface area contributed by atoms with Gasteiger partial charge < -0.3 is 15.4 Å². The highest BCUT2D eigenvalue weighted by Gasteiger charge is 2.28. The molecule has 2 atom stereocenters. The van der Waals surface area contributed by atoms with Gasteiger partial charge in [-0.05, 0) is 24.7 Å². The summed E-state index contributed by atoms with van der Waals surface area (Å²) in [5.41, 5.74) is 7.41. The van der Waals surface area contributed by atoms with Crippen LogP contribution in [0.1, 0.15) is 11.5 Å². The van der Waals surface area contributed by atoms with Crippen molar-refractivity contribution in [1.82, 2.24) is 4.90 Å². The summed E-state index contributed by atoms with van der Waals surface area (Å²) < 4.78 is 5.14. The lowest BCUT2D eigenvalue weighted by atomic mass is 9.95. The van der Waals surface area contributed by atoms with Gasteiger partial charge in [0, 0.05) is 25.0 Å². The fourth-order valence-corrected chi connectivity index (χ4v) is 2.24. The first-order valence-electron chi connectivity index (χ1n) is 5.29. The number of hydrogen-bond donors (Lipinski definition) is 1. The molecule has 1 saturated heterocycles. The average molecular weight is 206 g/mol. The first-order chi connectivity index (χ1) is 7.20. The Morgan fingerprint density at radius 3 is 2.40 bits per heavy atom. The van der Waals surface area contributed by atoms with Gasteiger partial charge in [0.05, 0.1) is 7.11 Å². The highest BCUT2D eigenvalue weighted by molar-refractivity contribution is 5.31. The number of rotatable bonds is 2. The number of hydrogen-bond acceptors (Lipinski definition) is 3. The molecule has 0 aromatic heterocycles. The molecule has 1 aromatic rings. The lowest BCUT2D eigenvalue weighted by molar-refractivity contribution is 0.407. The Morgan fingerprint density at radius 1 is 1.27 bits per heavy atom. The molecule has 0 saturated carbocycles. The molecular formula is C12H18N2O. The molecule has 3 heteroatoms. The highest BCUT2D eigenvalue weighted by atomic mass is 16.5. The molecule has 1 aliphatic rings. The van der Waals surface area contributed by atoms with Crippen molar-refractivity contribution in [1.29, 1.82) is 0 Å². The Morgan fingerprint density at radius 2 is 1.93 bits per heavy atom. The molecule has 1 aliphatic heterocycles. The van der Waals surface area contributed by atoms with Crippen molar-refractivity contribution in [3.05, 3.63) is 29.8 Å². The molecule has 15 heavy (non-hydrogen) atoms. The molecule has 82 valence electrons. The first kappa shape index (κ1) is 10.5. The van der Waals surface area contributed by atoms with E-state index in [2.05, 4.69) is 24.1 Å². The van der Waals surface area contributed by atoms with Crippen LogP contribution >= 0.6 is 0 Å². The van der Waals surface area contributed by atoms with Crippen molar-refractivity contribution in [2.24, 2.45) is 5.73 Å². The van der Waals surface area contributed by atoms with Crippen LogP contribution < -0.4 is 10.5 Å². The molecule has 0 bridgehead atoms. The minimum Gasteiger partial charge on any atom is -0.497 e. The van der Waals surface area contributed by atoms with Crippen LogP contribution in [0.4, 0.5) is 0 Å². The Hall–Kier alpha value is -1.06. The molecule has 0 aliphatic carbocycles. The van der Waals surface area contributed by atoms with Gasteiger partial charge in [-0.25, -0.2) is 0 Å². The molecule has 3 nitrogen and oxygen atoms in total. The smallest absolute Gasteiger partial charge is 0.118 e. The quantitative estimate of drug-likeness (QED) is 0.786. The molecule has 0 amide bonds. The summed E-state index contributed by atoms with van der Waals surface area (Å²) in [4.78, 5) is 2.28. The Balaban J connectivity index is 2.15. The zero-order valence-corrected chi connectivity index (χ0v) is 9.31. The van der Waals surface area contributed by atoms with Gasteiger partial charge in [-0.15, -0.1) is 0 Å². The van der Waals surface area contributed by atoms with Gasteiger partial charge in [0.15, 0.2) is 0 Å². The predicted molar refractivity (Wildman–Crippen MR) is 61.2 cm³/mol. The van der Waals surface area contributed by atoms with E-state index in [9.17, 15) is 0 Å². The number of methoxy groups -OCH3 is 1. The van der Waals surface area contributed by atoms with E-state index < -0.39 is 0 Å². The van der Waals surface area contributed by atoms with E-state index in [0.717, 1.165) is 18.8 Å². The van der Waals surface area contributed by atoms with Crippen LogP contribution in [0.2, 0.25) is 0 Å². The Bertz CT molecular complexity index is 323. The molecule has 1 aromatic carbocycles. The molecule has 0 spiro atoms. The van der Waals surface area contributed by atoms with Crippen molar-refractivity contribution < 1.29 is 4.74 Å². The minimum absolute atomic E-state index is 0.253. The predicted octanol–water partition coefficient (Wildman–Crippen LogP) is 1.05. The molecule has 2 N–H and O–H groups in total. The summed E-state index contributed by atoms with van der Waals surface area (Å²) in [5.74, 6) is 1.36. The van der Waals surface area contributed by atoms with Crippen LogP contribution in [0.3, 0.4) is 0 Å². The Kier molecular flexibility index (Phi) is 2.93. The fraction of sp³-hybridized carbons (Fsp3) is 0.500. The summed E-state index contributed by atoms with van der Waals surface area (Å²) in [6, 6.07) is 8.48. The van der Waals surface area contributed by atoms with Gasteiger partial charge in [-0.1, -0.05) is 12.1 Å². The van der Waals surface area contributed by atoms with Gasteiger partial charge in [-0.3, -0.25) is 0 Å².